The van der Waals surface area contributed by atoms with Gasteiger partial charge in [-0.3, -0.25) is 10.2 Å². The van der Waals surface area contributed by atoms with Crippen LogP contribution in [0, 0.1) is 5.41 Å². The molecule has 1 unspecified atom stereocenters. The molecule has 0 saturated heterocycles. The number of unbranched alkanes of at least 4 members (excludes halogenated alkanes) is 2. The van der Waals surface area contributed by atoms with Crippen LogP contribution in [0.25, 0.3) is 6.08 Å². The molecule has 0 spiro atoms. The fourth-order valence-electron chi connectivity index (χ4n) is 3.38. The fraction of sp³-hybridized carbons (Fsp3) is 0.308. The normalized spacial score (nSPS) is 12.0. The van der Waals surface area contributed by atoms with Crippen molar-refractivity contribution in [2.75, 3.05) is 0 Å². The Morgan fingerprint density at radius 2 is 1.65 bits per heavy atom. The van der Waals surface area contributed by atoms with Crippen LogP contribution in [0.4, 0.5) is 4.79 Å². The number of esters is 1. The molecule has 0 heterocycles. The molecular weight excluding hydrogens is 434 g/mol. The number of nitrogens with zero attached hydrogens (tertiary/aromatic N) is 1. The number of ether oxygens (including phenoxy) is 1. The summed E-state index contributed by atoms with van der Waals surface area (Å²) in [4.78, 5) is 37.8. The minimum absolute atomic E-state index is 0.0762. The minimum atomic E-state index is -1.27. The molecule has 8 heteroatoms. The lowest BCUT2D eigenvalue weighted by molar-refractivity contribution is -0.126. The molecule has 34 heavy (non-hydrogen) atoms. The standard InChI is InChI=1S/C26H31N3O5/c1-4-5-6-7-18(3)29(26(32)33)24(30)17(2)16-19-8-10-21(11-9-19)25(31)34-22-14-12-20(13-15-22)23(27)28/h8-16,18H,4-7H2,1-3H3,(H3,27,28)(H,32,33). The maximum absolute atomic E-state index is 12.8. The summed E-state index contributed by atoms with van der Waals surface area (Å²) < 4.78 is 5.33. The van der Waals surface area contributed by atoms with Crippen LogP contribution in [-0.2, 0) is 4.79 Å². The summed E-state index contributed by atoms with van der Waals surface area (Å²) >= 11 is 0. The van der Waals surface area contributed by atoms with E-state index in [1.807, 2.05) is 0 Å². The number of carbonyl (C=O) groups excluding carboxylic acids is 2. The predicted octanol–water partition coefficient (Wildman–Crippen LogP) is 5.07. The lowest BCUT2D eigenvalue weighted by Gasteiger charge is -2.25. The van der Waals surface area contributed by atoms with Crippen molar-refractivity contribution in [1.29, 1.82) is 5.41 Å². The lowest BCUT2D eigenvalue weighted by Crippen LogP contribution is -2.42. The SMILES string of the molecule is CCCCCC(C)N(C(=O)O)C(=O)C(C)=Cc1ccc(C(=O)Oc2ccc(C(=N)N)cc2)cc1. The van der Waals surface area contributed by atoms with Crippen LogP contribution < -0.4 is 10.5 Å². The van der Waals surface area contributed by atoms with Crippen LogP contribution >= 0.6 is 0 Å². The average molecular weight is 466 g/mol. The second kappa shape index (κ2) is 12.3. The first-order valence-corrected chi connectivity index (χ1v) is 11.2. The molecule has 0 aliphatic rings. The number of amides is 2. The molecule has 2 rings (SSSR count). The summed E-state index contributed by atoms with van der Waals surface area (Å²) in [5, 5.41) is 16.9. The van der Waals surface area contributed by atoms with E-state index in [0.717, 1.165) is 24.2 Å². The van der Waals surface area contributed by atoms with Gasteiger partial charge in [-0.2, -0.15) is 0 Å². The number of nitrogens with one attached hydrogen (secondary N) is 1. The van der Waals surface area contributed by atoms with Crippen LogP contribution in [0.15, 0.2) is 54.1 Å². The van der Waals surface area contributed by atoms with Crippen molar-refractivity contribution in [2.24, 2.45) is 5.73 Å². The van der Waals surface area contributed by atoms with Gasteiger partial charge in [-0.15, -0.1) is 0 Å². The van der Waals surface area contributed by atoms with Gasteiger partial charge in [-0.1, -0.05) is 38.3 Å². The van der Waals surface area contributed by atoms with Crippen LogP contribution in [0.3, 0.4) is 0 Å². The largest absolute Gasteiger partial charge is 0.465 e. The van der Waals surface area contributed by atoms with E-state index in [4.69, 9.17) is 15.9 Å². The average Bonchev–Trinajstić information content (AvgIpc) is 2.79. The van der Waals surface area contributed by atoms with Gasteiger partial charge in [-0.05, 0) is 68.3 Å². The van der Waals surface area contributed by atoms with Gasteiger partial charge in [0, 0.05) is 17.2 Å². The number of nitrogens with two attached hydrogens (primary N) is 1. The van der Waals surface area contributed by atoms with Crippen LogP contribution in [0.2, 0.25) is 0 Å². The minimum Gasteiger partial charge on any atom is -0.465 e. The lowest BCUT2D eigenvalue weighted by atomic mass is 10.1. The highest BCUT2D eigenvalue weighted by Crippen LogP contribution is 2.18. The van der Waals surface area contributed by atoms with E-state index in [1.54, 1.807) is 68.5 Å². The molecule has 0 radical (unpaired) electrons. The second-order valence-corrected chi connectivity index (χ2v) is 8.08. The first kappa shape index (κ1) is 26.3. The third-order valence-corrected chi connectivity index (χ3v) is 5.33. The molecule has 0 saturated carbocycles. The summed E-state index contributed by atoms with van der Waals surface area (Å²) in [5.41, 5.74) is 7.18. The molecule has 4 N–H and O–H groups in total. The molecule has 0 fully saturated rings. The Bertz CT molecular complexity index is 1060. The summed E-state index contributed by atoms with van der Waals surface area (Å²) in [5.74, 6) is -0.874. The van der Waals surface area contributed by atoms with Crippen LogP contribution in [0.5, 0.6) is 5.75 Å². The quantitative estimate of drug-likeness (QED) is 0.112. The van der Waals surface area contributed by atoms with Crippen LogP contribution in [-0.4, -0.2) is 39.9 Å². The number of carboxylic acid groups (broad SMARTS) is 1. The number of rotatable bonds is 10. The van der Waals surface area contributed by atoms with Crippen molar-refractivity contribution in [2.45, 2.75) is 52.5 Å². The van der Waals surface area contributed by atoms with Gasteiger partial charge in [0.1, 0.15) is 11.6 Å². The molecule has 8 nitrogen and oxygen atoms in total. The van der Waals surface area contributed by atoms with Gasteiger partial charge in [0.25, 0.3) is 5.91 Å². The Labute approximate surface area is 199 Å². The second-order valence-electron chi connectivity index (χ2n) is 8.08. The molecule has 2 aromatic rings. The molecule has 0 aromatic heterocycles. The number of hydrogen-bond donors (Lipinski definition) is 3. The molecular formula is C26H31N3O5. The first-order valence-electron chi connectivity index (χ1n) is 11.2. The fourth-order valence-corrected chi connectivity index (χ4v) is 3.38. The molecule has 0 aliphatic heterocycles. The smallest absolute Gasteiger partial charge is 0.414 e. The first-order chi connectivity index (χ1) is 16.1. The Hall–Kier alpha value is -3.94. The molecule has 0 aliphatic carbocycles. The van der Waals surface area contributed by atoms with Gasteiger partial charge in [-0.25, -0.2) is 14.5 Å². The number of hydrogen-bond acceptors (Lipinski definition) is 5. The number of benzene rings is 2. The van der Waals surface area contributed by atoms with E-state index >= 15 is 0 Å². The highest BCUT2D eigenvalue weighted by Gasteiger charge is 2.27. The van der Waals surface area contributed by atoms with Gasteiger partial charge in [0.2, 0.25) is 0 Å². The van der Waals surface area contributed by atoms with E-state index in [0.29, 0.717) is 28.9 Å². The molecule has 2 aromatic carbocycles. The zero-order valence-electron chi connectivity index (χ0n) is 19.7. The Morgan fingerprint density at radius 1 is 1.06 bits per heavy atom. The third-order valence-electron chi connectivity index (χ3n) is 5.33. The number of nitrogen functional groups attached to an aromatic ring is 1. The zero-order chi connectivity index (χ0) is 25.3. The topological polar surface area (TPSA) is 134 Å². The maximum Gasteiger partial charge on any atom is 0.414 e. The van der Waals surface area contributed by atoms with Crippen molar-refractivity contribution >= 4 is 29.9 Å². The molecule has 180 valence electrons. The number of imide groups is 1. The third kappa shape index (κ3) is 7.30. The van der Waals surface area contributed by atoms with Gasteiger partial charge >= 0.3 is 12.1 Å². The van der Waals surface area contributed by atoms with Gasteiger partial charge in [0.05, 0.1) is 5.56 Å². The number of amidine groups is 1. The Kier molecular flexibility index (Phi) is 9.55. The Morgan fingerprint density at radius 3 is 2.18 bits per heavy atom. The van der Waals surface area contributed by atoms with E-state index < -0.39 is 24.0 Å². The van der Waals surface area contributed by atoms with Crippen molar-refractivity contribution in [3.63, 3.8) is 0 Å². The highest BCUT2D eigenvalue weighted by molar-refractivity contribution is 6.04. The predicted molar refractivity (Wildman–Crippen MR) is 131 cm³/mol. The van der Waals surface area contributed by atoms with Gasteiger partial charge < -0.3 is 15.6 Å². The summed E-state index contributed by atoms with van der Waals surface area (Å²) in [6, 6.07) is 12.3. The zero-order valence-corrected chi connectivity index (χ0v) is 19.7. The van der Waals surface area contributed by atoms with Crippen molar-refractivity contribution in [3.8, 4) is 5.75 Å². The van der Waals surface area contributed by atoms with Crippen molar-refractivity contribution < 1.29 is 24.2 Å². The van der Waals surface area contributed by atoms with E-state index in [-0.39, 0.29) is 11.4 Å². The molecule has 0 bridgehead atoms. The Balaban J connectivity index is 2.07. The van der Waals surface area contributed by atoms with Crippen molar-refractivity contribution in [1.82, 2.24) is 4.90 Å². The molecule has 1 atom stereocenters. The molecule has 2 amide bonds. The summed E-state index contributed by atoms with van der Waals surface area (Å²) in [6.45, 7) is 5.38. The van der Waals surface area contributed by atoms with Crippen molar-refractivity contribution in [3.05, 3.63) is 70.8 Å². The highest BCUT2D eigenvalue weighted by atomic mass is 16.5. The summed E-state index contributed by atoms with van der Waals surface area (Å²) in [7, 11) is 0. The van der Waals surface area contributed by atoms with E-state index in [2.05, 4.69) is 6.92 Å². The van der Waals surface area contributed by atoms with E-state index in [1.165, 1.54) is 0 Å². The van der Waals surface area contributed by atoms with E-state index in [9.17, 15) is 19.5 Å². The van der Waals surface area contributed by atoms with Gasteiger partial charge in [0.15, 0.2) is 0 Å². The summed E-state index contributed by atoms with van der Waals surface area (Å²) in [6.07, 6.45) is 3.80. The number of carbonyl (C=O) groups is 3. The van der Waals surface area contributed by atoms with Crippen LogP contribution in [0.1, 0.15) is 67.9 Å². The monoisotopic (exact) mass is 465 g/mol. The maximum atomic E-state index is 12.8.